The minimum atomic E-state index is -0.747. The fraction of sp³-hybridized carbons (Fsp3) is 0.400. The van der Waals surface area contributed by atoms with Gasteiger partial charge in [0.2, 0.25) is 0 Å². The van der Waals surface area contributed by atoms with Crippen molar-refractivity contribution in [3.8, 4) is 11.5 Å². The molecule has 0 spiro atoms. The molecule has 1 N–H and O–H groups in total. The van der Waals surface area contributed by atoms with Crippen molar-refractivity contribution in [1.82, 2.24) is 4.90 Å². The van der Waals surface area contributed by atoms with E-state index in [-0.39, 0.29) is 19.2 Å². The van der Waals surface area contributed by atoms with Gasteiger partial charge in [0.25, 0.3) is 0 Å². The Morgan fingerprint density at radius 2 is 1.69 bits per heavy atom. The van der Waals surface area contributed by atoms with E-state index < -0.39 is 17.7 Å². The molecule has 6 heteroatoms. The van der Waals surface area contributed by atoms with Gasteiger partial charge in [-0.15, -0.1) is 0 Å². The predicted octanol–water partition coefficient (Wildman–Crippen LogP) is 3.62. The number of hydrogen-bond acceptors (Lipinski definition) is 4. The quantitative estimate of drug-likeness (QED) is 0.737. The highest BCUT2D eigenvalue weighted by molar-refractivity contribution is 5.31. The fourth-order valence-corrected chi connectivity index (χ4v) is 2.51. The highest BCUT2D eigenvalue weighted by Crippen LogP contribution is 2.18. The molecule has 4 nitrogen and oxygen atoms in total. The van der Waals surface area contributed by atoms with Crippen LogP contribution in [0.25, 0.3) is 0 Å². The fourth-order valence-electron chi connectivity index (χ4n) is 2.51. The molecule has 0 aliphatic carbocycles. The topological polar surface area (TPSA) is 41.9 Å². The Morgan fingerprint density at radius 1 is 1.04 bits per heavy atom. The summed E-state index contributed by atoms with van der Waals surface area (Å²) in [6, 6.07) is 10.7. The van der Waals surface area contributed by atoms with Gasteiger partial charge in [-0.1, -0.05) is 6.07 Å². The molecule has 1 unspecified atom stereocenters. The number of ether oxygens (including phenoxy) is 2. The minimum absolute atomic E-state index is 0.0788. The molecule has 2 aromatic rings. The van der Waals surface area contributed by atoms with Crippen LogP contribution in [0, 0.1) is 11.6 Å². The van der Waals surface area contributed by atoms with Gasteiger partial charge in [-0.3, -0.25) is 4.90 Å². The molecule has 0 heterocycles. The van der Waals surface area contributed by atoms with Crippen molar-refractivity contribution in [3.05, 3.63) is 59.7 Å². The second kappa shape index (κ2) is 9.50. The lowest BCUT2D eigenvalue weighted by Gasteiger charge is -2.29. The Balaban J connectivity index is 1.91. The first-order valence-corrected chi connectivity index (χ1v) is 8.52. The lowest BCUT2D eigenvalue weighted by atomic mass is 10.1. The van der Waals surface area contributed by atoms with Gasteiger partial charge in [-0.25, -0.2) is 8.78 Å². The van der Waals surface area contributed by atoms with E-state index in [1.807, 2.05) is 18.7 Å². The molecule has 2 rings (SSSR count). The molecule has 0 aliphatic heterocycles. The molecule has 26 heavy (non-hydrogen) atoms. The second-order valence-corrected chi connectivity index (χ2v) is 6.40. The van der Waals surface area contributed by atoms with Gasteiger partial charge < -0.3 is 14.6 Å². The number of benzene rings is 2. The van der Waals surface area contributed by atoms with Gasteiger partial charge in [-0.05, 0) is 44.2 Å². The molecule has 0 saturated carbocycles. The summed E-state index contributed by atoms with van der Waals surface area (Å²) >= 11 is 0. The van der Waals surface area contributed by atoms with E-state index in [1.54, 1.807) is 31.4 Å². The maximum absolute atomic E-state index is 13.9. The summed E-state index contributed by atoms with van der Waals surface area (Å²) in [6.45, 7) is 4.62. The largest absolute Gasteiger partial charge is 0.497 e. The zero-order valence-electron chi connectivity index (χ0n) is 15.3. The number of aliphatic hydroxyl groups is 1. The number of hydrogen-bond donors (Lipinski definition) is 1. The molecule has 0 amide bonds. The number of nitrogens with zero attached hydrogens (tertiary/aromatic N) is 1. The zero-order valence-corrected chi connectivity index (χ0v) is 15.3. The maximum atomic E-state index is 13.9. The Hall–Kier alpha value is -2.18. The molecule has 142 valence electrons. The van der Waals surface area contributed by atoms with E-state index in [0.29, 0.717) is 17.9 Å². The lowest BCUT2D eigenvalue weighted by Crippen LogP contribution is -2.39. The van der Waals surface area contributed by atoms with Crippen molar-refractivity contribution in [2.75, 3.05) is 20.3 Å². The van der Waals surface area contributed by atoms with Crippen molar-refractivity contribution in [2.45, 2.75) is 32.5 Å². The van der Waals surface area contributed by atoms with Crippen LogP contribution in [0.4, 0.5) is 8.78 Å². The van der Waals surface area contributed by atoms with Crippen LogP contribution in [0.5, 0.6) is 11.5 Å². The Kier molecular flexibility index (Phi) is 7.36. The van der Waals surface area contributed by atoms with E-state index >= 15 is 0 Å². The van der Waals surface area contributed by atoms with Crippen molar-refractivity contribution >= 4 is 0 Å². The first kappa shape index (κ1) is 20.1. The summed E-state index contributed by atoms with van der Waals surface area (Å²) in [5.74, 6) is 0.172. The molecule has 0 aromatic heterocycles. The lowest BCUT2D eigenvalue weighted by molar-refractivity contribution is 0.0538. The normalized spacial score (nSPS) is 12.5. The average molecular weight is 365 g/mol. The molecule has 0 aliphatic rings. The standard InChI is InChI=1S/C20H25F2NO3/c1-14(2)23(11-15-4-5-16(21)10-20(15)22)12-17(24)13-26-19-8-6-18(25-3)7-9-19/h4-10,14,17,24H,11-13H2,1-3H3. The molecule has 0 saturated heterocycles. The van der Waals surface area contributed by atoms with E-state index in [0.717, 1.165) is 11.8 Å². The number of rotatable bonds is 9. The van der Waals surface area contributed by atoms with Crippen LogP contribution in [-0.4, -0.2) is 42.4 Å². The minimum Gasteiger partial charge on any atom is -0.497 e. The van der Waals surface area contributed by atoms with Gasteiger partial charge in [0.15, 0.2) is 0 Å². The van der Waals surface area contributed by atoms with Crippen LogP contribution in [0.1, 0.15) is 19.4 Å². The van der Waals surface area contributed by atoms with Crippen LogP contribution in [0.3, 0.4) is 0 Å². The van der Waals surface area contributed by atoms with Crippen molar-refractivity contribution in [3.63, 3.8) is 0 Å². The van der Waals surface area contributed by atoms with Crippen LogP contribution >= 0.6 is 0 Å². The van der Waals surface area contributed by atoms with E-state index in [1.165, 1.54) is 12.1 Å². The van der Waals surface area contributed by atoms with Gasteiger partial charge in [0.05, 0.1) is 7.11 Å². The highest BCUT2D eigenvalue weighted by atomic mass is 19.1. The van der Waals surface area contributed by atoms with Gasteiger partial charge in [0, 0.05) is 30.8 Å². The molecule has 1 atom stereocenters. The Morgan fingerprint density at radius 3 is 2.27 bits per heavy atom. The summed E-state index contributed by atoms with van der Waals surface area (Å²) in [5, 5.41) is 10.3. The number of methoxy groups -OCH3 is 1. The van der Waals surface area contributed by atoms with E-state index in [9.17, 15) is 13.9 Å². The molecule has 0 fully saturated rings. The van der Waals surface area contributed by atoms with E-state index in [2.05, 4.69) is 0 Å². The van der Waals surface area contributed by atoms with E-state index in [4.69, 9.17) is 9.47 Å². The molecular weight excluding hydrogens is 340 g/mol. The smallest absolute Gasteiger partial charge is 0.130 e. The second-order valence-electron chi connectivity index (χ2n) is 6.40. The maximum Gasteiger partial charge on any atom is 0.130 e. The van der Waals surface area contributed by atoms with Crippen LogP contribution in [-0.2, 0) is 6.54 Å². The zero-order chi connectivity index (χ0) is 19.1. The Labute approximate surface area is 153 Å². The first-order valence-electron chi connectivity index (χ1n) is 8.52. The third-order valence-electron chi connectivity index (χ3n) is 4.07. The summed E-state index contributed by atoms with van der Waals surface area (Å²) < 4.78 is 37.6. The first-order chi connectivity index (χ1) is 12.4. The molecular formula is C20H25F2NO3. The third-order valence-corrected chi connectivity index (χ3v) is 4.07. The highest BCUT2D eigenvalue weighted by Gasteiger charge is 2.17. The van der Waals surface area contributed by atoms with Gasteiger partial charge in [-0.2, -0.15) is 0 Å². The Bertz CT molecular complexity index is 692. The third kappa shape index (κ3) is 5.97. The van der Waals surface area contributed by atoms with Crippen molar-refractivity contribution in [2.24, 2.45) is 0 Å². The van der Waals surface area contributed by atoms with Crippen LogP contribution in [0.2, 0.25) is 0 Å². The summed E-state index contributed by atoms with van der Waals surface area (Å²) in [7, 11) is 1.59. The van der Waals surface area contributed by atoms with Crippen LogP contribution < -0.4 is 9.47 Å². The molecule has 0 radical (unpaired) electrons. The number of halogens is 2. The van der Waals surface area contributed by atoms with Crippen LogP contribution in [0.15, 0.2) is 42.5 Å². The summed E-state index contributed by atoms with van der Waals surface area (Å²) in [5.41, 5.74) is 0.392. The van der Waals surface area contributed by atoms with Crippen molar-refractivity contribution in [1.29, 1.82) is 0 Å². The molecule has 2 aromatic carbocycles. The molecule has 0 bridgehead atoms. The summed E-state index contributed by atoms with van der Waals surface area (Å²) in [6.07, 6.45) is -0.747. The monoisotopic (exact) mass is 365 g/mol. The van der Waals surface area contributed by atoms with Crippen molar-refractivity contribution < 1.29 is 23.4 Å². The summed E-state index contributed by atoms with van der Waals surface area (Å²) in [4.78, 5) is 1.92. The SMILES string of the molecule is COc1ccc(OCC(O)CN(Cc2ccc(F)cc2F)C(C)C)cc1. The van der Waals surface area contributed by atoms with Gasteiger partial charge >= 0.3 is 0 Å². The predicted molar refractivity (Wildman–Crippen MR) is 96.4 cm³/mol. The number of aliphatic hydroxyl groups excluding tert-OH is 1. The van der Waals surface area contributed by atoms with Gasteiger partial charge in [0.1, 0.15) is 35.8 Å². The average Bonchev–Trinajstić information content (AvgIpc) is 2.61.